The van der Waals surface area contributed by atoms with Crippen molar-refractivity contribution in [1.29, 1.82) is 5.26 Å². The number of anilines is 1. The maximum absolute atomic E-state index is 12.1. The van der Waals surface area contributed by atoms with E-state index in [2.05, 4.69) is 4.98 Å². The monoisotopic (exact) mass is 252 g/mol. The summed E-state index contributed by atoms with van der Waals surface area (Å²) < 4.78 is 0. The maximum atomic E-state index is 12.1. The molecule has 1 amide bonds. The summed E-state index contributed by atoms with van der Waals surface area (Å²) >= 11 is 5.85. The van der Waals surface area contributed by atoms with Crippen molar-refractivity contribution in [3.63, 3.8) is 0 Å². The molecule has 5 nitrogen and oxygen atoms in total. The number of rotatable bonds is 4. The molecule has 0 aliphatic rings. The lowest BCUT2D eigenvalue weighted by Gasteiger charge is -2.19. The topological polar surface area (TPSA) is 83.0 Å². The van der Waals surface area contributed by atoms with Crippen molar-refractivity contribution in [2.24, 2.45) is 0 Å². The lowest BCUT2D eigenvalue weighted by atomic mass is 10.2. The second-order valence-corrected chi connectivity index (χ2v) is 3.76. The van der Waals surface area contributed by atoms with Gasteiger partial charge in [-0.2, -0.15) is 5.26 Å². The summed E-state index contributed by atoms with van der Waals surface area (Å²) in [5.74, 6) is -0.257. The van der Waals surface area contributed by atoms with E-state index in [1.54, 1.807) is 0 Å². The van der Waals surface area contributed by atoms with E-state index in [4.69, 9.17) is 22.6 Å². The first kappa shape index (κ1) is 13.3. The number of nitriles is 1. The van der Waals surface area contributed by atoms with Gasteiger partial charge in [-0.1, -0.05) is 11.6 Å². The summed E-state index contributed by atoms with van der Waals surface area (Å²) in [6.45, 7) is 2.71. The largest absolute Gasteiger partial charge is 0.397 e. The van der Waals surface area contributed by atoms with Crippen LogP contribution in [-0.2, 0) is 0 Å². The highest BCUT2D eigenvalue weighted by Crippen LogP contribution is 2.17. The van der Waals surface area contributed by atoms with Gasteiger partial charge in [-0.05, 0) is 13.0 Å². The van der Waals surface area contributed by atoms with Gasteiger partial charge in [0, 0.05) is 13.1 Å². The van der Waals surface area contributed by atoms with Crippen LogP contribution >= 0.6 is 11.6 Å². The van der Waals surface area contributed by atoms with Crippen LogP contribution in [0.2, 0.25) is 5.15 Å². The van der Waals surface area contributed by atoms with Crippen molar-refractivity contribution >= 4 is 23.2 Å². The number of aromatic nitrogens is 1. The summed E-state index contributed by atoms with van der Waals surface area (Å²) in [7, 11) is 0. The molecule has 0 aromatic carbocycles. The first-order chi connectivity index (χ1) is 8.10. The van der Waals surface area contributed by atoms with Crippen molar-refractivity contribution in [2.45, 2.75) is 13.3 Å². The van der Waals surface area contributed by atoms with Crippen molar-refractivity contribution in [2.75, 3.05) is 18.8 Å². The van der Waals surface area contributed by atoms with Crippen molar-refractivity contribution < 1.29 is 4.79 Å². The van der Waals surface area contributed by atoms with Crippen LogP contribution in [0.4, 0.5) is 5.69 Å². The van der Waals surface area contributed by atoms with Crippen LogP contribution in [0, 0.1) is 11.3 Å². The Morgan fingerprint density at radius 3 is 3.00 bits per heavy atom. The molecular weight excluding hydrogens is 240 g/mol. The van der Waals surface area contributed by atoms with Crippen molar-refractivity contribution in [1.82, 2.24) is 9.88 Å². The Balaban J connectivity index is 2.94. The standard InChI is InChI=1S/C11H13ClN4O/c1-2-16(5-3-4-13)11(17)9-6-8(14)7-15-10(9)12/h6-7H,2-3,5,14H2,1H3. The van der Waals surface area contributed by atoms with Gasteiger partial charge < -0.3 is 10.6 Å². The van der Waals surface area contributed by atoms with Gasteiger partial charge in [0.15, 0.2) is 0 Å². The SMILES string of the molecule is CCN(CCC#N)C(=O)c1cc(N)cnc1Cl. The number of nitrogens with zero attached hydrogens (tertiary/aromatic N) is 3. The molecule has 0 saturated carbocycles. The number of halogens is 1. The number of carbonyl (C=O) groups is 1. The zero-order chi connectivity index (χ0) is 12.8. The zero-order valence-corrected chi connectivity index (χ0v) is 10.2. The van der Waals surface area contributed by atoms with Crippen LogP contribution in [0.25, 0.3) is 0 Å². The van der Waals surface area contributed by atoms with Crippen LogP contribution in [-0.4, -0.2) is 28.9 Å². The molecule has 0 atom stereocenters. The Hall–Kier alpha value is -1.80. The van der Waals surface area contributed by atoms with E-state index in [1.807, 2.05) is 13.0 Å². The first-order valence-corrected chi connectivity index (χ1v) is 5.55. The normalized spacial score (nSPS) is 9.71. The Kier molecular flexibility index (Phi) is 4.73. The van der Waals surface area contributed by atoms with E-state index >= 15 is 0 Å². The molecule has 1 aromatic heterocycles. The molecule has 6 heteroatoms. The molecular formula is C11H13ClN4O. The third-order valence-corrected chi connectivity index (χ3v) is 2.55. The molecule has 0 radical (unpaired) electrons. The number of hydrogen-bond donors (Lipinski definition) is 1. The van der Waals surface area contributed by atoms with Crippen molar-refractivity contribution in [3.8, 4) is 6.07 Å². The summed E-state index contributed by atoms with van der Waals surface area (Å²) in [6, 6.07) is 3.49. The van der Waals surface area contributed by atoms with Crippen LogP contribution in [0.1, 0.15) is 23.7 Å². The van der Waals surface area contributed by atoms with Gasteiger partial charge in [-0.15, -0.1) is 0 Å². The van der Waals surface area contributed by atoms with Crippen LogP contribution in [0.3, 0.4) is 0 Å². The number of nitrogens with two attached hydrogens (primary N) is 1. The Morgan fingerprint density at radius 2 is 2.41 bits per heavy atom. The van der Waals surface area contributed by atoms with Gasteiger partial charge in [0.2, 0.25) is 0 Å². The lowest BCUT2D eigenvalue weighted by Crippen LogP contribution is -2.32. The van der Waals surface area contributed by atoms with E-state index in [9.17, 15) is 4.79 Å². The molecule has 1 heterocycles. The Bertz CT molecular complexity index is 455. The highest BCUT2D eigenvalue weighted by molar-refractivity contribution is 6.32. The molecule has 90 valence electrons. The van der Waals surface area contributed by atoms with Gasteiger partial charge >= 0.3 is 0 Å². The molecule has 0 spiro atoms. The van der Waals surface area contributed by atoms with Crippen LogP contribution in [0.15, 0.2) is 12.3 Å². The van der Waals surface area contributed by atoms with Crippen LogP contribution < -0.4 is 5.73 Å². The Morgan fingerprint density at radius 1 is 1.71 bits per heavy atom. The first-order valence-electron chi connectivity index (χ1n) is 5.17. The fourth-order valence-electron chi connectivity index (χ4n) is 1.37. The third-order valence-electron chi connectivity index (χ3n) is 2.25. The summed E-state index contributed by atoms with van der Waals surface area (Å²) in [4.78, 5) is 17.4. The smallest absolute Gasteiger partial charge is 0.257 e. The van der Waals surface area contributed by atoms with Gasteiger partial charge in [0.1, 0.15) is 5.15 Å². The minimum atomic E-state index is -0.257. The predicted molar refractivity (Wildman–Crippen MR) is 65.5 cm³/mol. The average Bonchev–Trinajstić information content (AvgIpc) is 2.33. The van der Waals surface area contributed by atoms with Gasteiger partial charge in [-0.25, -0.2) is 4.98 Å². The molecule has 17 heavy (non-hydrogen) atoms. The molecule has 0 fully saturated rings. The summed E-state index contributed by atoms with van der Waals surface area (Å²) in [5.41, 5.74) is 6.22. The molecule has 0 aliphatic carbocycles. The minimum absolute atomic E-state index is 0.125. The fourth-order valence-corrected chi connectivity index (χ4v) is 1.56. The highest BCUT2D eigenvalue weighted by Gasteiger charge is 2.17. The quantitative estimate of drug-likeness (QED) is 0.827. The molecule has 0 saturated heterocycles. The highest BCUT2D eigenvalue weighted by atomic mass is 35.5. The summed E-state index contributed by atoms with van der Waals surface area (Å²) in [5, 5.41) is 8.64. The van der Waals surface area contributed by atoms with Crippen molar-refractivity contribution in [3.05, 3.63) is 23.0 Å². The van der Waals surface area contributed by atoms with Crippen LogP contribution in [0.5, 0.6) is 0 Å². The summed E-state index contributed by atoms with van der Waals surface area (Å²) in [6.07, 6.45) is 1.68. The minimum Gasteiger partial charge on any atom is -0.397 e. The maximum Gasteiger partial charge on any atom is 0.257 e. The fraction of sp³-hybridized carbons (Fsp3) is 0.364. The predicted octanol–water partition coefficient (Wildman–Crippen LogP) is 1.69. The number of carbonyl (C=O) groups excluding carboxylic acids is 1. The lowest BCUT2D eigenvalue weighted by molar-refractivity contribution is 0.0767. The molecule has 1 aromatic rings. The van der Waals surface area contributed by atoms with Gasteiger partial charge in [0.25, 0.3) is 5.91 Å². The number of pyridine rings is 1. The average molecular weight is 253 g/mol. The molecule has 0 aliphatic heterocycles. The van der Waals surface area contributed by atoms with E-state index in [0.29, 0.717) is 18.8 Å². The van der Waals surface area contributed by atoms with E-state index in [0.717, 1.165) is 0 Å². The zero-order valence-electron chi connectivity index (χ0n) is 9.48. The number of hydrogen-bond acceptors (Lipinski definition) is 4. The van der Waals surface area contributed by atoms with Gasteiger partial charge in [-0.3, -0.25) is 4.79 Å². The van der Waals surface area contributed by atoms with E-state index < -0.39 is 0 Å². The Labute approximate surface area is 105 Å². The molecule has 0 unspecified atom stereocenters. The van der Waals surface area contributed by atoms with E-state index in [-0.39, 0.29) is 23.0 Å². The van der Waals surface area contributed by atoms with Gasteiger partial charge in [0.05, 0.1) is 29.9 Å². The molecule has 0 bridgehead atoms. The molecule has 2 N–H and O–H groups in total. The number of amides is 1. The number of nitrogen functional groups attached to an aromatic ring is 1. The molecule has 1 rings (SSSR count). The third kappa shape index (κ3) is 3.33. The second-order valence-electron chi connectivity index (χ2n) is 3.40. The van der Waals surface area contributed by atoms with E-state index in [1.165, 1.54) is 17.2 Å². The second kappa shape index (κ2) is 6.06.